The molecule has 0 aliphatic carbocycles. The van der Waals surface area contributed by atoms with Gasteiger partial charge in [-0.3, -0.25) is 9.59 Å². The second-order valence-corrected chi connectivity index (χ2v) is 7.39. The van der Waals surface area contributed by atoms with E-state index in [1.165, 1.54) is 25.5 Å². The van der Waals surface area contributed by atoms with Crippen LogP contribution in [0.2, 0.25) is 0 Å². The number of carbonyl (C=O) groups is 2. The fraction of sp³-hybridized carbons (Fsp3) is 0.364. The summed E-state index contributed by atoms with van der Waals surface area (Å²) in [5, 5.41) is 2.94. The molecular formula is C22H25N3O3. The van der Waals surface area contributed by atoms with Gasteiger partial charge in [-0.1, -0.05) is 12.1 Å². The summed E-state index contributed by atoms with van der Waals surface area (Å²) >= 11 is 0. The minimum atomic E-state index is -0.752. The van der Waals surface area contributed by atoms with Crippen molar-refractivity contribution in [2.24, 2.45) is 0 Å². The van der Waals surface area contributed by atoms with Crippen LogP contribution in [0.25, 0.3) is 0 Å². The number of benzene rings is 2. The van der Waals surface area contributed by atoms with Crippen molar-refractivity contribution < 1.29 is 14.3 Å². The minimum Gasteiger partial charge on any atom is -0.476 e. The fourth-order valence-corrected chi connectivity index (χ4v) is 3.94. The summed E-state index contributed by atoms with van der Waals surface area (Å²) in [6, 6.07) is 13.3. The number of nitrogens with zero attached hydrogens (tertiary/aromatic N) is 2. The molecule has 1 fully saturated rings. The van der Waals surface area contributed by atoms with Crippen molar-refractivity contribution in [3.8, 4) is 5.75 Å². The summed E-state index contributed by atoms with van der Waals surface area (Å²) in [5.41, 5.74) is 3.80. The highest BCUT2D eigenvalue weighted by atomic mass is 16.5. The second kappa shape index (κ2) is 7.54. The quantitative estimate of drug-likeness (QED) is 0.888. The maximum Gasteiger partial charge on any atom is 0.267 e. The van der Waals surface area contributed by atoms with Crippen molar-refractivity contribution in [2.45, 2.75) is 32.8 Å². The number of para-hydroxylation sites is 2. The van der Waals surface area contributed by atoms with E-state index in [4.69, 9.17) is 4.74 Å². The number of amides is 2. The number of anilines is 3. The first-order chi connectivity index (χ1) is 13.5. The molecule has 4 rings (SSSR count). The van der Waals surface area contributed by atoms with Crippen LogP contribution in [0.15, 0.2) is 42.5 Å². The number of ether oxygens (including phenoxy) is 1. The maximum absolute atomic E-state index is 12.8. The topological polar surface area (TPSA) is 61.9 Å². The van der Waals surface area contributed by atoms with Crippen LogP contribution in [0.3, 0.4) is 0 Å². The lowest BCUT2D eigenvalue weighted by Gasteiger charge is -2.33. The van der Waals surface area contributed by atoms with Gasteiger partial charge in [-0.05, 0) is 55.7 Å². The average molecular weight is 379 g/mol. The van der Waals surface area contributed by atoms with Crippen LogP contribution in [0.4, 0.5) is 17.1 Å². The average Bonchev–Trinajstić information content (AvgIpc) is 3.21. The van der Waals surface area contributed by atoms with E-state index >= 15 is 0 Å². The summed E-state index contributed by atoms with van der Waals surface area (Å²) in [7, 11) is 0. The Morgan fingerprint density at radius 1 is 1.07 bits per heavy atom. The van der Waals surface area contributed by atoms with Crippen molar-refractivity contribution in [1.29, 1.82) is 0 Å². The predicted octanol–water partition coefficient (Wildman–Crippen LogP) is 3.35. The molecule has 1 atom stereocenters. The Labute approximate surface area is 165 Å². The molecule has 146 valence electrons. The number of aryl methyl sites for hydroxylation is 1. The third-order valence-corrected chi connectivity index (χ3v) is 5.36. The van der Waals surface area contributed by atoms with Crippen molar-refractivity contribution in [2.75, 3.05) is 34.8 Å². The third-order valence-electron chi connectivity index (χ3n) is 5.36. The Morgan fingerprint density at radius 3 is 2.54 bits per heavy atom. The van der Waals surface area contributed by atoms with Gasteiger partial charge in [0.15, 0.2) is 6.10 Å². The number of fused-ring (bicyclic) bond motifs is 1. The molecule has 2 heterocycles. The summed E-state index contributed by atoms with van der Waals surface area (Å²) < 4.78 is 5.87. The van der Waals surface area contributed by atoms with Gasteiger partial charge in [0.1, 0.15) is 5.75 Å². The molecule has 0 radical (unpaired) electrons. The van der Waals surface area contributed by atoms with Gasteiger partial charge in [0.2, 0.25) is 5.91 Å². The molecule has 0 aromatic heterocycles. The summed E-state index contributed by atoms with van der Waals surface area (Å²) in [5.74, 6) is 0.179. The Bertz CT molecular complexity index is 906. The zero-order valence-electron chi connectivity index (χ0n) is 16.3. The van der Waals surface area contributed by atoms with E-state index in [9.17, 15) is 9.59 Å². The fourth-order valence-electron chi connectivity index (χ4n) is 3.94. The first-order valence-corrected chi connectivity index (χ1v) is 9.73. The van der Waals surface area contributed by atoms with E-state index in [-0.39, 0.29) is 18.4 Å². The molecule has 2 aromatic carbocycles. The number of hydrogen-bond donors (Lipinski definition) is 1. The smallest absolute Gasteiger partial charge is 0.267 e. The maximum atomic E-state index is 12.8. The van der Waals surface area contributed by atoms with Gasteiger partial charge in [0.25, 0.3) is 5.91 Å². The van der Waals surface area contributed by atoms with Gasteiger partial charge in [-0.2, -0.15) is 0 Å². The first kappa shape index (κ1) is 18.3. The minimum absolute atomic E-state index is 0.112. The second-order valence-electron chi connectivity index (χ2n) is 7.39. The third kappa shape index (κ3) is 3.54. The van der Waals surface area contributed by atoms with E-state index in [1.807, 2.05) is 30.3 Å². The number of carbonyl (C=O) groups excluding carboxylic acids is 2. The highest BCUT2D eigenvalue weighted by Gasteiger charge is 2.32. The zero-order valence-corrected chi connectivity index (χ0v) is 16.3. The Hall–Kier alpha value is -3.02. The Kier molecular flexibility index (Phi) is 4.94. The molecule has 0 saturated carbocycles. The zero-order chi connectivity index (χ0) is 19.7. The summed E-state index contributed by atoms with van der Waals surface area (Å²) in [4.78, 5) is 28.8. The van der Waals surface area contributed by atoms with Crippen LogP contribution in [0.1, 0.15) is 25.3 Å². The van der Waals surface area contributed by atoms with Gasteiger partial charge in [0.05, 0.1) is 12.2 Å². The SMILES string of the molecule is CC(=O)N1CC(C(=O)Nc2ccc(N3CCCC3)c(C)c2)Oc2ccccc21. The highest BCUT2D eigenvalue weighted by molar-refractivity contribution is 5.99. The Balaban J connectivity index is 1.49. The molecule has 0 spiro atoms. The first-order valence-electron chi connectivity index (χ1n) is 9.73. The molecule has 1 unspecified atom stereocenters. The molecule has 1 saturated heterocycles. The molecule has 2 amide bonds. The van der Waals surface area contributed by atoms with Gasteiger partial charge >= 0.3 is 0 Å². The lowest BCUT2D eigenvalue weighted by Crippen LogP contribution is -2.48. The van der Waals surface area contributed by atoms with E-state index < -0.39 is 6.10 Å². The van der Waals surface area contributed by atoms with Gasteiger partial charge in [-0.25, -0.2) is 0 Å². The van der Waals surface area contributed by atoms with Crippen molar-refractivity contribution in [3.63, 3.8) is 0 Å². The molecule has 28 heavy (non-hydrogen) atoms. The van der Waals surface area contributed by atoms with Crippen LogP contribution >= 0.6 is 0 Å². The lowest BCUT2D eigenvalue weighted by atomic mass is 10.1. The van der Waals surface area contributed by atoms with Crippen LogP contribution in [0.5, 0.6) is 5.75 Å². The van der Waals surface area contributed by atoms with E-state index in [0.29, 0.717) is 11.4 Å². The summed E-state index contributed by atoms with van der Waals surface area (Å²) in [6.45, 7) is 5.93. The Morgan fingerprint density at radius 2 is 1.82 bits per heavy atom. The summed E-state index contributed by atoms with van der Waals surface area (Å²) in [6.07, 6.45) is 1.70. The molecule has 0 bridgehead atoms. The van der Waals surface area contributed by atoms with Gasteiger partial charge in [-0.15, -0.1) is 0 Å². The number of hydrogen-bond acceptors (Lipinski definition) is 4. The molecule has 2 aliphatic rings. The molecule has 6 heteroatoms. The molecule has 1 N–H and O–H groups in total. The van der Waals surface area contributed by atoms with Crippen LogP contribution in [-0.2, 0) is 9.59 Å². The van der Waals surface area contributed by atoms with Crippen LogP contribution in [-0.4, -0.2) is 37.6 Å². The number of rotatable bonds is 3. The standard InChI is InChI=1S/C22H25N3O3/c1-15-13-17(9-10-18(15)24-11-5-6-12-24)23-22(27)21-14-25(16(2)26)19-7-3-4-8-20(19)28-21/h3-4,7-10,13,21H,5-6,11-12,14H2,1-2H3,(H,23,27). The van der Waals surface area contributed by atoms with Crippen molar-refractivity contribution in [1.82, 2.24) is 0 Å². The van der Waals surface area contributed by atoms with Gasteiger partial charge < -0.3 is 19.9 Å². The molecular weight excluding hydrogens is 354 g/mol. The van der Waals surface area contributed by atoms with E-state index in [2.05, 4.69) is 23.2 Å². The molecule has 6 nitrogen and oxygen atoms in total. The van der Waals surface area contributed by atoms with E-state index in [1.54, 1.807) is 11.0 Å². The normalized spacial score (nSPS) is 18.4. The van der Waals surface area contributed by atoms with E-state index in [0.717, 1.165) is 24.3 Å². The molecule has 2 aliphatic heterocycles. The lowest BCUT2D eigenvalue weighted by molar-refractivity contribution is -0.123. The van der Waals surface area contributed by atoms with Crippen molar-refractivity contribution in [3.05, 3.63) is 48.0 Å². The molecule has 2 aromatic rings. The van der Waals surface area contributed by atoms with Crippen molar-refractivity contribution >= 4 is 28.9 Å². The largest absolute Gasteiger partial charge is 0.476 e. The van der Waals surface area contributed by atoms with Crippen LogP contribution in [0, 0.1) is 6.92 Å². The monoisotopic (exact) mass is 379 g/mol. The number of nitrogens with one attached hydrogen (secondary N) is 1. The van der Waals surface area contributed by atoms with Gasteiger partial charge in [0, 0.05) is 31.4 Å². The predicted molar refractivity (Wildman–Crippen MR) is 110 cm³/mol. The highest BCUT2D eigenvalue weighted by Crippen LogP contribution is 2.33. The van der Waals surface area contributed by atoms with Crippen LogP contribution < -0.4 is 19.9 Å².